The molecule has 0 fully saturated rings. The van der Waals surface area contributed by atoms with Crippen molar-refractivity contribution in [3.05, 3.63) is 200 Å². The van der Waals surface area contributed by atoms with Crippen LogP contribution >= 0.6 is 0 Å². The Balaban J connectivity index is 1.12. The lowest BCUT2D eigenvalue weighted by atomic mass is 9.91. The minimum absolute atomic E-state index is 0.0816. The second kappa shape index (κ2) is 13.4. The fourth-order valence-electron chi connectivity index (χ4n) is 6.99. The number of fused-ring (bicyclic) bond motifs is 3. The number of hydrogen-bond acceptors (Lipinski definition) is 3. The highest BCUT2D eigenvalue weighted by atomic mass is 15.0. The van der Waals surface area contributed by atoms with Crippen LogP contribution in [-0.2, 0) is 0 Å². The Labute approximate surface area is 323 Å². The van der Waals surface area contributed by atoms with Crippen molar-refractivity contribution in [2.45, 2.75) is 0 Å². The van der Waals surface area contributed by atoms with Gasteiger partial charge in [0.05, 0.1) is 9.60 Å². The molecule has 0 amide bonds. The van der Waals surface area contributed by atoms with E-state index in [-0.39, 0.29) is 34.5 Å². The molecule has 3 nitrogen and oxygen atoms in total. The van der Waals surface area contributed by atoms with Crippen molar-refractivity contribution in [3.63, 3.8) is 0 Å². The number of aromatic nitrogens is 3. The largest absolute Gasteiger partial charge is 0.208 e. The Morgan fingerprint density at radius 1 is 0.315 bits per heavy atom. The predicted octanol–water partition coefficient (Wildman–Crippen LogP) is 13.3. The van der Waals surface area contributed by atoms with Crippen LogP contribution in [0, 0.1) is 0 Å². The van der Waals surface area contributed by atoms with Gasteiger partial charge in [0.1, 0.15) is 0 Å². The standard InChI is InChI=1S/C51H33N3/c1-3-12-34(13-4-1)38-24-25-40-30-45(27-26-39(40)29-38)51-53-49(36-15-5-2-6-16-36)52-50(54-51)44-20-11-19-43(31-44)48-33-46(32-42-18-9-10-21-47(42)48)41-23-22-35-14-7-8-17-37(35)28-41/h1-33H/i7D,8D,14D,17D,22D,23D,28D. The van der Waals surface area contributed by atoms with E-state index in [2.05, 4.69) is 42.5 Å². The third kappa shape index (κ3) is 5.98. The topological polar surface area (TPSA) is 38.7 Å². The lowest BCUT2D eigenvalue weighted by Crippen LogP contribution is -2.00. The molecule has 0 saturated heterocycles. The Kier molecular flexibility index (Phi) is 6.17. The summed E-state index contributed by atoms with van der Waals surface area (Å²) in [5.74, 6) is 1.54. The van der Waals surface area contributed by atoms with Crippen molar-refractivity contribution >= 4 is 32.3 Å². The first-order chi connectivity index (χ1) is 29.6. The molecular weight excluding hydrogens is 655 g/mol. The molecule has 1 aromatic heterocycles. The third-order valence-corrected chi connectivity index (χ3v) is 9.71. The van der Waals surface area contributed by atoms with Crippen molar-refractivity contribution < 1.29 is 9.60 Å². The highest BCUT2D eigenvalue weighted by Crippen LogP contribution is 2.37. The van der Waals surface area contributed by atoms with Crippen molar-refractivity contribution in [1.29, 1.82) is 0 Å². The fraction of sp³-hybridized carbons (Fsp3) is 0. The Bertz CT molecular complexity index is 3390. The molecule has 54 heavy (non-hydrogen) atoms. The molecule has 0 saturated carbocycles. The number of benzene rings is 9. The maximum atomic E-state index is 9.25. The predicted molar refractivity (Wildman–Crippen MR) is 225 cm³/mol. The first-order valence-electron chi connectivity index (χ1n) is 21.2. The van der Waals surface area contributed by atoms with Gasteiger partial charge in [0.2, 0.25) is 0 Å². The zero-order valence-corrected chi connectivity index (χ0v) is 28.9. The van der Waals surface area contributed by atoms with Gasteiger partial charge >= 0.3 is 0 Å². The Hall–Kier alpha value is -7.23. The van der Waals surface area contributed by atoms with Crippen LogP contribution in [0.5, 0.6) is 0 Å². The van der Waals surface area contributed by atoms with E-state index in [1.54, 1.807) is 0 Å². The maximum Gasteiger partial charge on any atom is 0.164 e. The molecule has 0 radical (unpaired) electrons. The molecule has 0 aliphatic rings. The molecule has 0 aliphatic heterocycles. The highest BCUT2D eigenvalue weighted by molar-refractivity contribution is 6.01. The summed E-state index contributed by atoms with van der Waals surface area (Å²) in [6.45, 7) is 0. The summed E-state index contributed by atoms with van der Waals surface area (Å²) < 4.78 is 60.8. The van der Waals surface area contributed by atoms with Crippen molar-refractivity contribution in [3.8, 4) is 67.5 Å². The van der Waals surface area contributed by atoms with Gasteiger partial charge in [-0.1, -0.05) is 164 Å². The van der Waals surface area contributed by atoms with Gasteiger partial charge in [0.25, 0.3) is 0 Å². The number of rotatable bonds is 6. The lowest BCUT2D eigenvalue weighted by molar-refractivity contribution is 1.07. The molecule has 0 unspecified atom stereocenters. The molecule has 0 bridgehead atoms. The van der Waals surface area contributed by atoms with E-state index in [9.17, 15) is 1.37 Å². The van der Waals surface area contributed by atoms with Crippen LogP contribution < -0.4 is 0 Å². The van der Waals surface area contributed by atoms with Crippen LogP contribution in [0.25, 0.3) is 99.9 Å². The normalized spacial score (nSPS) is 13.1. The molecule has 1 heterocycles. The van der Waals surface area contributed by atoms with Crippen molar-refractivity contribution in [2.24, 2.45) is 0 Å². The summed E-state index contributed by atoms with van der Waals surface area (Å²) in [7, 11) is 0. The van der Waals surface area contributed by atoms with Crippen LogP contribution in [0.1, 0.15) is 9.60 Å². The second-order valence-electron chi connectivity index (χ2n) is 13.1. The zero-order chi connectivity index (χ0) is 41.9. The third-order valence-electron chi connectivity index (χ3n) is 9.71. The van der Waals surface area contributed by atoms with Crippen LogP contribution in [0.2, 0.25) is 0 Å². The summed E-state index contributed by atoms with van der Waals surface area (Å²) >= 11 is 0. The van der Waals surface area contributed by atoms with Gasteiger partial charge < -0.3 is 0 Å². The van der Waals surface area contributed by atoms with E-state index in [0.29, 0.717) is 23.0 Å². The summed E-state index contributed by atoms with van der Waals surface area (Å²) in [4.78, 5) is 15.1. The zero-order valence-electron chi connectivity index (χ0n) is 35.9. The van der Waals surface area contributed by atoms with Crippen LogP contribution in [0.3, 0.4) is 0 Å². The first kappa shape index (κ1) is 24.9. The summed E-state index contributed by atoms with van der Waals surface area (Å²) in [6, 6.07) is 49.6. The minimum atomic E-state index is -0.499. The quantitative estimate of drug-likeness (QED) is 0.174. The van der Waals surface area contributed by atoms with Gasteiger partial charge in [-0.2, -0.15) is 0 Å². The monoisotopic (exact) mass is 694 g/mol. The number of nitrogens with zero attached hydrogens (tertiary/aromatic N) is 3. The molecule has 0 N–H and O–H groups in total. The molecule has 0 spiro atoms. The van der Waals surface area contributed by atoms with Crippen molar-refractivity contribution in [1.82, 2.24) is 15.0 Å². The second-order valence-corrected chi connectivity index (χ2v) is 13.1. The van der Waals surface area contributed by atoms with E-state index in [1.807, 2.05) is 115 Å². The Morgan fingerprint density at radius 3 is 1.67 bits per heavy atom. The first-order valence-corrected chi connectivity index (χ1v) is 17.7. The summed E-state index contributed by atoms with van der Waals surface area (Å²) in [5.41, 5.74) is 6.97. The van der Waals surface area contributed by atoms with Crippen molar-refractivity contribution in [2.75, 3.05) is 0 Å². The van der Waals surface area contributed by atoms with Gasteiger partial charge in [-0.05, 0) is 102 Å². The van der Waals surface area contributed by atoms with Crippen LogP contribution in [0.15, 0.2) is 200 Å². The highest BCUT2D eigenvalue weighted by Gasteiger charge is 2.15. The van der Waals surface area contributed by atoms with Gasteiger partial charge in [-0.25, -0.2) is 15.0 Å². The van der Waals surface area contributed by atoms with Gasteiger partial charge in [-0.15, -0.1) is 0 Å². The maximum absolute atomic E-state index is 9.25. The van der Waals surface area contributed by atoms with Gasteiger partial charge in [-0.3, -0.25) is 0 Å². The summed E-state index contributed by atoms with van der Waals surface area (Å²) in [6.07, 6.45) is 0. The van der Waals surface area contributed by atoms with Crippen LogP contribution in [0.4, 0.5) is 0 Å². The average Bonchev–Trinajstić information content (AvgIpc) is 3.31. The molecule has 0 aliphatic carbocycles. The fourth-order valence-corrected chi connectivity index (χ4v) is 6.99. The van der Waals surface area contributed by atoms with E-state index in [4.69, 9.17) is 23.2 Å². The molecule has 10 aromatic rings. The molecule has 252 valence electrons. The number of hydrogen-bond donors (Lipinski definition) is 0. The molecule has 3 heteroatoms. The van der Waals surface area contributed by atoms with Gasteiger partial charge in [0, 0.05) is 16.7 Å². The summed E-state index contributed by atoms with van der Waals surface area (Å²) in [5, 5.41) is 3.70. The Morgan fingerprint density at radius 2 is 0.889 bits per heavy atom. The molecule has 9 aromatic carbocycles. The molecule has 0 atom stereocenters. The molecular formula is C51H33N3. The SMILES string of the molecule is [2H]c1c([2H])c([2H])c2c([2H])c(-c3cc(-c4cccc(-c5nc(-c6ccccc6)nc(-c6ccc7cc(-c8ccccc8)ccc7c6)n5)c4)c4ccccc4c3)c([2H])c([2H])c2c1[2H]. The average molecular weight is 695 g/mol. The smallest absolute Gasteiger partial charge is 0.164 e. The lowest BCUT2D eigenvalue weighted by Gasteiger charge is -2.13. The van der Waals surface area contributed by atoms with E-state index in [0.717, 1.165) is 60.5 Å². The van der Waals surface area contributed by atoms with E-state index in [1.165, 1.54) is 0 Å². The minimum Gasteiger partial charge on any atom is -0.208 e. The van der Waals surface area contributed by atoms with Gasteiger partial charge in [0.15, 0.2) is 17.5 Å². The van der Waals surface area contributed by atoms with E-state index < -0.39 is 24.2 Å². The van der Waals surface area contributed by atoms with E-state index >= 15 is 0 Å². The molecule has 10 rings (SSSR count). The van der Waals surface area contributed by atoms with Crippen LogP contribution in [-0.4, -0.2) is 15.0 Å².